The molecule has 0 heterocycles. The van der Waals surface area contributed by atoms with Gasteiger partial charge in [0.15, 0.2) is 0 Å². The second-order valence-electron chi connectivity index (χ2n) is 3.52. The van der Waals surface area contributed by atoms with Gasteiger partial charge >= 0.3 is 6.18 Å². The second-order valence-corrected chi connectivity index (χ2v) is 3.52. The minimum Gasteiger partial charge on any atom is -0.496 e. The van der Waals surface area contributed by atoms with E-state index < -0.39 is 17.6 Å². The Labute approximate surface area is 102 Å². The molecule has 18 heavy (non-hydrogen) atoms. The van der Waals surface area contributed by atoms with Gasteiger partial charge in [-0.25, -0.2) is 0 Å². The van der Waals surface area contributed by atoms with E-state index in [4.69, 9.17) is 10.5 Å². The largest absolute Gasteiger partial charge is 0.496 e. The summed E-state index contributed by atoms with van der Waals surface area (Å²) in [6, 6.07) is 2.89. The summed E-state index contributed by atoms with van der Waals surface area (Å²) in [6.07, 6.45) is -3.05. The number of alkyl halides is 3. The molecule has 0 radical (unpaired) electrons. The SMILES string of the molecule is C/C=C(/OC)c1cc(C(N)=O)cc(C(F)(F)F)c1. The van der Waals surface area contributed by atoms with Gasteiger partial charge in [0.1, 0.15) is 5.76 Å². The molecule has 0 aliphatic heterocycles. The molecule has 0 aromatic heterocycles. The Balaban J connectivity index is 3.45. The fraction of sp³-hybridized carbons (Fsp3) is 0.250. The highest BCUT2D eigenvalue weighted by atomic mass is 19.4. The van der Waals surface area contributed by atoms with Crippen molar-refractivity contribution in [2.75, 3.05) is 7.11 Å². The van der Waals surface area contributed by atoms with Crippen LogP contribution < -0.4 is 5.73 Å². The molecule has 6 heteroatoms. The number of carbonyl (C=O) groups excluding carboxylic acids is 1. The third-order valence-corrected chi connectivity index (χ3v) is 2.31. The van der Waals surface area contributed by atoms with Gasteiger partial charge in [0.05, 0.1) is 12.7 Å². The first kappa shape index (κ1) is 14.1. The maximum Gasteiger partial charge on any atom is 0.416 e. The van der Waals surface area contributed by atoms with Gasteiger partial charge in [-0.1, -0.05) is 0 Å². The van der Waals surface area contributed by atoms with Crippen molar-refractivity contribution in [1.82, 2.24) is 0 Å². The van der Waals surface area contributed by atoms with Crippen molar-refractivity contribution in [3.8, 4) is 0 Å². The summed E-state index contributed by atoms with van der Waals surface area (Å²) in [7, 11) is 1.33. The smallest absolute Gasteiger partial charge is 0.416 e. The first-order valence-corrected chi connectivity index (χ1v) is 5.02. The van der Waals surface area contributed by atoms with Crippen molar-refractivity contribution < 1.29 is 22.7 Å². The number of hydrogen-bond donors (Lipinski definition) is 1. The maximum absolute atomic E-state index is 12.7. The molecule has 0 spiro atoms. The molecule has 1 aromatic carbocycles. The Hall–Kier alpha value is -1.98. The van der Waals surface area contributed by atoms with Crippen molar-refractivity contribution in [3.05, 3.63) is 41.0 Å². The average Bonchev–Trinajstić information content (AvgIpc) is 2.29. The van der Waals surface area contributed by atoms with Crippen LogP contribution in [-0.2, 0) is 10.9 Å². The predicted octanol–water partition coefficient (Wildman–Crippen LogP) is 2.81. The number of amides is 1. The molecule has 0 bridgehead atoms. The van der Waals surface area contributed by atoms with Gasteiger partial charge in [-0.05, 0) is 31.2 Å². The van der Waals surface area contributed by atoms with Gasteiger partial charge in [-0.15, -0.1) is 0 Å². The summed E-state index contributed by atoms with van der Waals surface area (Å²) in [4.78, 5) is 11.0. The minimum absolute atomic E-state index is 0.156. The van der Waals surface area contributed by atoms with Crippen molar-refractivity contribution in [3.63, 3.8) is 0 Å². The second kappa shape index (κ2) is 5.12. The van der Waals surface area contributed by atoms with E-state index in [1.54, 1.807) is 6.92 Å². The van der Waals surface area contributed by atoms with Gasteiger partial charge in [-0.2, -0.15) is 13.2 Å². The lowest BCUT2D eigenvalue weighted by Crippen LogP contribution is -2.14. The number of methoxy groups -OCH3 is 1. The molecule has 2 N–H and O–H groups in total. The van der Waals surface area contributed by atoms with E-state index >= 15 is 0 Å². The molecule has 98 valence electrons. The zero-order chi connectivity index (χ0) is 13.9. The van der Waals surface area contributed by atoms with Crippen LogP contribution in [0.1, 0.15) is 28.4 Å². The predicted molar refractivity (Wildman–Crippen MR) is 60.6 cm³/mol. The molecular formula is C12H12F3NO2. The Morgan fingerprint density at radius 1 is 1.28 bits per heavy atom. The number of halogens is 3. The molecule has 0 atom stereocenters. The maximum atomic E-state index is 12.7. The molecule has 0 aliphatic carbocycles. The topological polar surface area (TPSA) is 52.3 Å². The third-order valence-electron chi connectivity index (χ3n) is 2.31. The molecule has 0 unspecified atom stereocenters. The monoisotopic (exact) mass is 259 g/mol. The zero-order valence-electron chi connectivity index (χ0n) is 9.84. The van der Waals surface area contributed by atoms with Crippen LogP contribution in [0.2, 0.25) is 0 Å². The highest BCUT2D eigenvalue weighted by molar-refractivity contribution is 5.93. The summed E-state index contributed by atoms with van der Waals surface area (Å²) in [6.45, 7) is 1.61. The van der Waals surface area contributed by atoms with Crippen LogP contribution in [0.15, 0.2) is 24.3 Å². The zero-order valence-corrected chi connectivity index (χ0v) is 9.84. The Morgan fingerprint density at radius 3 is 2.22 bits per heavy atom. The van der Waals surface area contributed by atoms with Crippen LogP contribution in [0, 0.1) is 0 Å². The molecule has 3 nitrogen and oxygen atoms in total. The minimum atomic E-state index is -4.55. The summed E-state index contributed by atoms with van der Waals surface area (Å²) >= 11 is 0. The molecule has 1 rings (SSSR count). The number of allylic oxidation sites excluding steroid dienone is 1. The number of hydrogen-bond acceptors (Lipinski definition) is 2. The van der Waals surface area contributed by atoms with E-state index in [0.29, 0.717) is 0 Å². The van der Waals surface area contributed by atoms with E-state index in [2.05, 4.69) is 0 Å². The van der Waals surface area contributed by atoms with Crippen LogP contribution in [0.25, 0.3) is 5.76 Å². The van der Waals surface area contributed by atoms with Crippen LogP contribution in [0.5, 0.6) is 0 Å². The molecule has 0 saturated heterocycles. The van der Waals surface area contributed by atoms with Gasteiger partial charge < -0.3 is 10.5 Å². The summed E-state index contributed by atoms with van der Waals surface area (Å²) in [5.74, 6) is -0.683. The lowest BCUT2D eigenvalue weighted by atomic mass is 10.0. The lowest BCUT2D eigenvalue weighted by molar-refractivity contribution is -0.137. The van der Waals surface area contributed by atoms with Gasteiger partial charge in [0.2, 0.25) is 5.91 Å². The Kier molecular flexibility index (Phi) is 4.00. The molecular weight excluding hydrogens is 247 g/mol. The van der Waals surface area contributed by atoms with Gasteiger partial charge in [-0.3, -0.25) is 4.79 Å². The fourth-order valence-corrected chi connectivity index (χ4v) is 1.48. The summed E-state index contributed by atoms with van der Waals surface area (Å²) < 4.78 is 42.9. The summed E-state index contributed by atoms with van der Waals surface area (Å²) in [5.41, 5.74) is 4.02. The van der Waals surface area contributed by atoms with E-state index in [-0.39, 0.29) is 16.9 Å². The quantitative estimate of drug-likeness (QED) is 0.848. The average molecular weight is 259 g/mol. The van der Waals surface area contributed by atoms with Gasteiger partial charge in [0, 0.05) is 11.1 Å². The number of primary amides is 1. The third kappa shape index (κ3) is 3.03. The van der Waals surface area contributed by atoms with Crippen LogP contribution in [-0.4, -0.2) is 13.0 Å². The first-order chi connectivity index (χ1) is 8.29. The highest BCUT2D eigenvalue weighted by Crippen LogP contribution is 2.32. The van der Waals surface area contributed by atoms with Crippen molar-refractivity contribution in [2.24, 2.45) is 5.73 Å². The molecule has 0 aliphatic rings. The van der Waals surface area contributed by atoms with E-state index in [1.165, 1.54) is 19.3 Å². The first-order valence-electron chi connectivity index (χ1n) is 5.02. The lowest BCUT2D eigenvalue weighted by Gasteiger charge is -2.12. The molecule has 1 aromatic rings. The van der Waals surface area contributed by atoms with Crippen LogP contribution in [0.3, 0.4) is 0 Å². The molecule has 1 amide bonds. The Morgan fingerprint density at radius 2 is 1.83 bits per heavy atom. The number of benzene rings is 1. The van der Waals surface area contributed by atoms with E-state index in [9.17, 15) is 18.0 Å². The number of nitrogens with two attached hydrogens (primary N) is 1. The number of carbonyl (C=O) groups is 1. The van der Waals surface area contributed by atoms with Crippen molar-refractivity contribution in [2.45, 2.75) is 13.1 Å². The highest BCUT2D eigenvalue weighted by Gasteiger charge is 2.32. The molecule has 0 saturated carbocycles. The molecule has 0 fully saturated rings. The van der Waals surface area contributed by atoms with Gasteiger partial charge in [0.25, 0.3) is 0 Å². The van der Waals surface area contributed by atoms with Crippen LogP contribution >= 0.6 is 0 Å². The number of ether oxygens (including phenoxy) is 1. The standard InChI is InChI=1S/C12H12F3NO2/c1-3-10(18-2)7-4-8(11(16)17)6-9(5-7)12(13,14)15/h3-6H,1-2H3,(H2,16,17)/b10-3+. The van der Waals surface area contributed by atoms with Crippen molar-refractivity contribution in [1.29, 1.82) is 0 Å². The summed E-state index contributed by atoms with van der Waals surface area (Å²) in [5, 5.41) is 0. The Bertz CT molecular complexity index is 493. The van der Waals surface area contributed by atoms with E-state index in [1.807, 2.05) is 0 Å². The normalized spacial score (nSPS) is 12.4. The fourth-order valence-electron chi connectivity index (χ4n) is 1.48. The van der Waals surface area contributed by atoms with Crippen LogP contribution in [0.4, 0.5) is 13.2 Å². The van der Waals surface area contributed by atoms with Crippen molar-refractivity contribution >= 4 is 11.7 Å². The van der Waals surface area contributed by atoms with E-state index in [0.717, 1.165) is 12.1 Å². The number of rotatable bonds is 3.